The van der Waals surface area contributed by atoms with E-state index in [2.05, 4.69) is 10.8 Å². The molecule has 0 saturated carbocycles. The van der Waals surface area contributed by atoms with Crippen molar-refractivity contribution < 1.29 is 15.5 Å². The van der Waals surface area contributed by atoms with Crippen LogP contribution in [0.15, 0.2) is 0 Å². The molecule has 0 rings (SSSR count). The van der Waals surface area contributed by atoms with E-state index in [1.54, 1.807) is 0 Å². The van der Waals surface area contributed by atoms with Crippen LogP contribution in [0.3, 0.4) is 0 Å². The molecular formula is CH7N3O3. The third-order valence-electron chi connectivity index (χ3n) is 0.244. The Balaban J connectivity index is 2.95. The summed E-state index contributed by atoms with van der Waals surface area (Å²) in [4.78, 5) is 3.75. The van der Waals surface area contributed by atoms with Crippen LogP contribution in [-0.2, 0) is 4.94 Å². The van der Waals surface area contributed by atoms with E-state index in [1.165, 1.54) is 0 Å². The number of hydrogen-bond donors (Lipinski definition) is 3. The molecule has 0 aromatic heterocycles. The van der Waals surface area contributed by atoms with Crippen LogP contribution in [-0.4, -0.2) is 7.05 Å². The molecule has 6 nitrogen and oxygen atoms in total. The molecule has 0 spiro atoms. The SMILES string of the molecule is C[NH+]([O-])O[NH+](N)[O-]. The van der Waals surface area contributed by atoms with Gasteiger partial charge in [-0.05, 0) is 0 Å². The second-order valence-corrected chi connectivity index (χ2v) is 0.913. The molecular weight excluding hydrogens is 102 g/mol. The predicted molar refractivity (Wildman–Crippen MR) is 19.9 cm³/mol. The van der Waals surface area contributed by atoms with Gasteiger partial charge in [-0.1, -0.05) is 5.34 Å². The number of hydroxylamine groups is 2. The molecule has 0 heterocycles. The Morgan fingerprint density at radius 2 is 2.00 bits per heavy atom. The largest absolute Gasteiger partial charge is 0.596 e. The van der Waals surface area contributed by atoms with Gasteiger partial charge in [-0.15, -0.1) is 5.84 Å². The Labute approximate surface area is 40.1 Å². The molecule has 0 aliphatic rings. The Hall–Kier alpha value is -0.240. The van der Waals surface area contributed by atoms with Gasteiger partial charge >= 0.3 is 0 Å². The lowest BCUT2D eigenvalue weighted by molar-refractivity contribution is -1.31. The number of nitrogens with one attached hydrogen (secondary N) is 2. The molecule has 0 bridgehead atoms. The zero-order chi connectivity index (χ0) is 5.86. The highest BCUT2D eigenvalue weighted by atomic mass is 17.1. The molecule has 0 amide bonds. The van der Waals surface area contributed by atoms with Crippen molar-refractivity contribution in [2.24, 2.45) is 5.84 Å². The van der Waals surface area contributed by atoms with Gasteiger partial charge < -0.3 is 10.4 Å². The highest BCUT2D eigenvalue weighted by Crippen LogP contribution is 1.17. The fraction of sp³-hybridized carbons (Fsp3) is 1.00. The molecule has 7 heavy (non-hydrogen) atoms. The molecule has 4 N–H and O–H groups in total. The Kier molecular flexibility index (Phi) is 2.76. The first-order chi connectivity index (χ1) is 3.13. The van der Waals surface area contributed by atoms with Crippen molar-refractivity contribution in [3.63, 3.8) is 0 Å². The first kappa shape index (κ1) is 6.76. The molecule has 2 atom stereocenters. The lowest BCUT2D eigenvalue weighted by Gasteiger charge is -2.16. The standard InChI is InChI=1S/CH7N3O3/c1-3(5)7-4(2)6/h3-4H,2H2,1H3. The number of rotatable bonds is 2. The minimum Gasteiger partial charge on any atom is -0.596 e. The van der Waals surface area contributed by atoms with Crippen LogP contribution in [0, 0.1) is 10.4 Å². The van der Waals surface area contributed by atoms with Gasteiger partial charge in [0.25, 0.3) is 0 Å². The average Bonchev–Trinajstić information content (AvgIpc) is 1.27. The number of quaternary nitrogens is 2. The Morgan fingerprint density at radius 1 is 1.57 bits per heavy atom. The Bertz CT molecular complexity index is 39.4. The van der Waals surface area contributed by atoms with Gasteiger partial charge in [-0.2, -0.15) is 5.23 Å². The summed E-state index contributed by atoms with van der Waals surface area (Å²) in [7, 11) is 1.10. The summed E-state index contributed by atoms with van der Waals surface area (Å²) in [5.74, 6) is 4.41. The lowest BCUT2D eigenvalue weighted by atomic mass is 11.5. The van der Waals surface area contributed by atoms with Crippen molar-refractivity contribution >= 4 is 0 Å². The topological polar surface area (TPSA) is 90.2 Å². The smallest absolute Gasteiger partial charge is 0.102 e. The zero-order valence-corrected chi connectivity index (χ0v) is 3.80. The van der Waals surface area contributed by atoms with E-state index in [0.29, 0.717) is 0 Å². The normalized spacial score (nSPS) is 18.9. The van der Waals surface area contributed by atoms with Gasteiger partial charge in [-0.3, -0.25) is 0 Å². The summed E-state index contributed by atoms with van der Waals surface area (Å²) in [5.41, 5.74) is 0. The maximum absolute atomic E-state index is 9.73. The molecule has 2 unspecified atom stereocenters. The van der Waals surface area contributed by atoms with E-state index in [9.17, 15) is 10.4 Å². The fourth-order valence-electron chi connectivity index (χ4n) is 0.142. The quantitative estimate of drug-likeness (QED) is 0.250. The lowest BCUT2D eigenvalue weighted by Crippen LogP contribution is -3.27. The van der Waals surface area contributed by atoms with Crippen LogP contribution in [0.25, 0.3) is 0 Å². The monoisotopic (exact) mass is 109 g/mol. The second-order valence-electron chi connectivity index (χ2n) is 0.913. The van der Waals surface area contributed by atoms with Crippen molar-refractivity contribution in [1.82, 2.24) is 0 Å². The van der Waals surface area contributed by atoms with Crippen LogP contribution >= 0.6 is 0 Å². The van der Waals surface area contributed by atoms with Gasteiger partial charge in [0, 0.05) is 4.94 Å². The maximum atomic E-state index is 9.73. The van der Waals surface area contributed by atoms with E-state index >= 15 is 0 Å². The zero-order valence-electron chi connectivity index (χ0n) is 3.80. The predicted octanol–water partition coefficient (Wildman–Crippen LogP) is -3.90. The van der Waals surface area contributed by atoms with Crippen molar-refractivity contribution in [1.29, 1.82) is 0 Å². The van der Waals surface area contributed by atoms with Crippen LogP contribution in [0.4, 0.5) is 0 Å². The third-order valence-corrected chi connectivity index (χ3v) is 0.244. The minimum atomic E-state index is -1.06. The average molecular weight is 109 g/mol. The van der Waals surface area contributed by atoms with E-state index in [0.717, 1.165) is 7.05 Å². The van der Waals surface area contributed by atoms with E-state index < -0.39 is 10.6 Å². The first-order valence-electron chi connectivity index (χ1n) is 1.61. The molecule has 0 fully saturated rings. The van der Waals surface area contributed by atoms with Crippen LogP contribution < -0.4 is 16.4 Å². The molecule has 6 heteroatoms. The highest BCUT2D eigenvalue weighted by molar-refractivity contribution is 3.81. The van der Waals surface area contributed by atoms with Gasteiger partial charge in [0.2, 0.25) is 0 Å². The summed E-state index contributed by atoms with van der Waals surface area (Å²) in [6.07, 6.45) is 0. The molecule has 0 aromatic rings. The summed E-state index contributed by atoms with van der Waals surface area (Å²) in [6, 6.07) is 0. The molecule has 0 aliphatic heterocycles. The number of nitrogens with two attached hydrogens (primary N) is 1. The van der Waals surface area contributed by atoms with Gasteiger partial charge in [0.15, 0.2) is 0 Å². The molecule has 0 radical (unpaired) electrons. The summed E-state index contributed by atoms with van der Waals surface area (Å²) in [6.45, 7) is 0. The molecule has 44 valence electrons. The maximum Gasteiger partial charge on any atom is 0.102 e. The molecule has 0 aromatic carbocycles. The van der Waals surface area contributed by atoms with Crippen LogP contribution in [0.1, 0.15) is 0 Å². The van der Waals surface area contributed by atoms with E-state index in [-0.39, 0.29) is 0 Å². The van der Waals surface area contributed by atoms with Crippen molar-refractivity contribution in [3.05, 3.63) is 10.4 Å². The summed E-state index contributed by atoms with van der Waals surface area (Å²) in [5, 5.41) is 17.6. The Morgan fingerprint density at radius 3 is 2.00 bits per heavy atom. The highest BCUT2D eigenvalue weighted by Gasteiger charge is 1.88. The van der Waals surface area contributed by atoms with Gasteiger partial charge in [-0.25, -0.2) is 0 Å². The summed E-state index contributed by atoms with van der Waals surface area (Å²) >= 11 is 0. The molecule has 0 aliphatic carbocycles. The van der Waals surface area contributed by atoms with Crippen molar-refractivity contribution in [2.45, 2.75) is 0 Å². The van der Waals surface area contributed by atoms with Crippen LogP contribution in [0.2, 0.25) is 0 Å². The van der Waals surface area contributed by atoms with Gasteiger partial charge in [0.05, 0.1) is 0 Å². The molecule has 0 saturated heterocycles. The van der Waals surface area contributed by atoms with Crippen LogP contribution in [0.5, 0.6) is 0 Å². The van der Waals surface area contributed by atoms with E-state index in [1.807, 2.05) is 0 Å². The van der Waals surface area contributed by atoms with Gasteiger partial charge in [0.1, 0.15) is 7.05 Å². The fourth-order valence-corrected chi connectivity index (χ4v) is 0.142. The number of hydrogen-bond acceptors (Lipinski definition) is 4. The van der Waals surface area contributed by atoms with Crippen molar-refractivity contribution in [3.8, 4) is 0 Å². The first-order valence-corrected chi connectivity index (χ1v) is 1.61. The minimum absolute atomic E-state index is 0.687. The van der Waals surface area contributed by atoms with Crippen molar-refractivity contribution in [2.75, 3.05) is 7.05 Å². The summed E-state index contributed by atoms with van der Waals surface area (Å²) < 4.78 is 0. The van der Waals surface area contributed by atoms with E-state index in [4.69, 9.17) is 0 Å². The third kappa shape index (κ3) is 5.76. The second kappa shape index (κ2) is 2.86.